The predicted octanol–water partition coefficient (Wildman–Crippen LogP) is 11.6. The number of carbonyl (C=O) groups is 2. The number of nitrogens with one attached hydrogen (secondary N) is 1. The number of carboxylic acid groups (broad SMARTS) is 2. The highest BCUT2D eigenvalue weighted by Crippen LogP contribution is 2.17. The number of hydrogen-bond donors (Lipinski definition) is 3. The zero-order chi connectivity index (χ0) is 30.6. The van der Waals surface area contributed by atoms with Crippen molar-refractivity contribution < 1.29 is 19.8 Å². The first-order valence-electron chi connectivity index (χ1n) is 18.8. The Morgan fingerprint density at radius 2 is 0.524 bits per heavy atom. The predicted molar refractivity (Wildman–Crippen MR) is 181 cm³/mol. The maximum Gasteiger partial charge on any atom is 0.317 e. The highest BCUT2D eigenvalue weighted by molar-refractivity contribution is 5.68. The molecule has 0 spiro atoms. The molecule has 0 amide bonds. The number of aliphatic carboxylic acids is 2. The van der Waals surface area contributed by atoms with Gasteiger partial charge in [-0.3, -0.25) is 9.59 Å². The van der Waals surface area contributed by atoms with Gasteiger partial charge in [0.05, 0.1) is 6.54 Å². The van der Waals surface area contributed by atoms with Crippen molar-refractivity contribution in [1.29, 1.82) is 0 Å². The Labute approximate surface area is 261 Å². The standard InChI is InChI=1S/C37H73NO4/c39-36(40)33-31-29-27-25-23-21-19-17-15-13-11-9-7-5-3-1-2-4-6-8-10-12-14-16-18-20-22-24-26-28-30-32-34-38-35-37(41)42/h38H,1-35H2,(H,39,40)(H,41,42). The molecule has 5 heteroatoms. The summed E-state index contributed by atoms with van der Waals surface area (Å²) in [6.07, 6.45) is 43.8. The average molecular weight is 596 g/mol. The fraction of sp³-hybridized carbons (Fsp3) is 0.946. The van der Waals surface area contributed by atoms with E-state index in [0.29, 0.717) is 6.42 Å². The van der Waals surface area contributed by atoms with E-state index >= 15 is 0 Å². The molecule has 0 aromatic heterocycles. The van der Waals surface area contributed by atoms with Gasteiger partial charge in [-0.25, -0.2) is 0 Å². The van der Waals surface area contributed by atoms with Crippen LogP contribution in [0.25, 0.3) is 0 Å². The van der Waals surface area contributed by atoms with Gasteiger partial charge in [0.25, 0.3) is 0 Å². The van der Waals surface area contributed by atoms with Crippen LogP contribution < -0.4 is 5.32 Å². The summed E-state index contributed by atoms with van der Waals surface area (Å²) < 4.78 is 0. The minimum absolute atomic E-state index is 0.0902. The first-order chi connectivity index (χ1) is 20.6. The fourth-order valence-corrected chi connectivity index (χ4v) is 6.02. The Morgan fingerprint density at radius 1 is 0.310 bits per heavy atom. The number of rotatable bonds is 37. The highest BCUT2D eigenvalue weighted by atomic mass is 16.4. The van der Waals surface area contributed by atoms with Crippen molar-refractivity contribution >= 4 is 11.9 Å². The van der Waals surface area contributed by atoms with Crippen LogP contribution >= 0.6 is 0 Å². The zero-order valence-electron chi connectivity index (χ0n) is 28.0. The van der Waals surface area contributed by atoms with Crippen molar-refractivity contribution in [3.63, 3.8) is 0 Å². The van der Waals surface area contributed by atoms with E-state index in [-0.39, 0.29) is 6.54 Å². The lowest BCUT2D eigenvalue weighted by Gasteiger charge is -2.05. The van der Waals surface area contributed by atoms with Crippen molar-refractivity contribution in [2.45, 2.75) is 212 Å². The van der Waals surface area contributed by atoms with E-state index in [1.54, 1.807) is 0 Å². The third kappa shape index (κ3) is 38.9. The summed E-state index contributed by atoms with van der Waals surface area (Å²) in [6, 6.07) is 0. The molecule has 3 N–H and O–H groups in total. The van der Waals surface area contributed by atoms with Crippen LogP contribution in [-0.4, -0.2) is 35.2 Å². The van der Waals surface area contributed by atoms with Gasteiger partial charge in [0, 0.05) is 6.42 Å². The van der Waals surface area contributed by atoms with Crippen molar-refractivity contribution in [3.05, 3.63) is 0 Å². The van der Waals surface area contributed by atoms with E-state index in [9.17, 15) is 9.59 Å². The SMILES string of the molecule is O=C(O)CCCCCCCCCCCCCCCCCCCCCCCCCCCCCCCCCCNCC(=O)O. The van der Waals surface area contributed by atoms with Crippen LogP contribution in [0.3, 0.4) is 0 Å². The van der Waals surface area contributed by atoms with Gasteiger partial charge in [-0.05, 0) is 19.4 Å². The van der Waals surface area contributed by atoms with Crippen LogP contribution in [0.2, 0.25) is 0 Å². The minimum atomic E-state index is -0.764. The van der Waals surface area contributed by atoms with Gasteiger partial charge >= 0.3 is 11.9 Å². The first-order valence-corrected chi connectivity index (χ1v) is 18.8. The van der Waals surface area contributed by atoms with E-state index in [2.05, 4.69) is 5.32 Å². The van der Waals surface area contributed by atoms with Crippen LogP contribution in [0.1, 0.15) is 212 Å². The summed E-state index contributed by atoms with van der Waals surface area (Å²) in [6.45, 7) is 0.922. The van der Waals surface area contributed by atoms with E-state index in [1.807, 2.05) is 0 Å². The molecule has 5 nitrogen and oxygen atoms in total. The van der Waals surface area contributed by atoms with Gasteiger partial charge in [0.15, 0.2) is 0 Å². The molecule has 0 bridgehead atoms. The Balaban J connectivity index is 3.04. The maximum absolute atomic E-state index is 10.5. The quantitative estimate of drug-likeness (QED) is 0.0622. The minimum Gasteiger partial charge on any atom is -0.481 e. The molecule has 0 aliphatic carbocycles. The second-order valence-electron chi connectivity index (χ2n) is 13.0. The van der Waals surface area contributed by atoms with E-state index in [4.69, 9.17) is 10.2 Å². The van der Waals surface area contributed by atoms with Crippen LogP contribution in [0.15, 0.2) is 0 Å². The van der Waals surface area contributed by atoms with Gasteiger partial charge < -0.3 is 15.5 Å². The van der Waals surface area contributed by atoms with Gasteiger partial charge in [0.1, 0.15) is 0 Å². The molecule has 0 aliphatic rings. The maximum atomic E-state index is 10.5. The molecule has 0 atom stereocenters. The average Bonchev–Trinajstić information content (AvgIpc) is 2.96. The summed E-state index contributed by atoms with van der Waals surface area (Å²) in [5, 5.41) is 20.2. The summed E-state index contributed by atoms with van der Waals surface area (Å²) in [5.41, 5.74) is 0. The lowest BCUT2D eigenvalue weighted by molar-refractivity contribution is -0.137. The van der Waals surface area contributed by atoms with Gasteiger partial charge in [-0.1, -0.05) is 193 Å². The van der Waals surface area contributed by atoms with Crippen molar-refractivity contribution in [1.82, 2.24) is 5.32 Å². The summed E-state index contributed by atoms with van der Waals surface area (Å²) >= 11 is 0. The Bertz CT molecular complexity index is 506. The molecule has 0 aromatic carbocycles. The molecule has 250 valence electrons. The second kappa shape index (κ2) is 36.1. The lowest BCUT2D eigenvalue weighted by Crippen LogP contribution is -2.23. The number of carboxylic acids is 2. The summed E-state index contributed by atoms with van der Waals surface area (Å²) in [4.78, 5) is 20.9. The van der Waals surface area contributed by atoms with Crippen LogP contribution in [0, 0.1) is 0 Å². The van der Waals surface area contributed by atoms with E-state index in [1.165, 1.54) is 186 Å². The molecule has 42 heavy (non-hydrogen) atoms. The van der Waals surface area contributed by atoms with Gasteiger partial charge in [0.2, 0.25) is 0 Å². The molecule has 0 radical (unpaired) electrons. The molecule has 0 unspecified atom stereocenters. The van der Waals surface area contributed by atoms with Gasteiger partial charge in [-0.2, -0.15) is 0 Å². The third-order valence-corrected chi connectivity index (χ3v) is 8.77. The monoisotopic (exact) mass is 596 g/mol. The number of hydrogen-bond acceptors (Lipinski definition) is 3. The molecule has 0 saturated heterocycles. The topological polar surface area (TPSA) is 86.6 Å². The van der Waals surface area contributed by atoms with Crippen molar-refractivity contribution in [2.24, 2.45) is 0 Å². The highest BCUT2D eigenvalue weighted by Gasteiger charge is 1.99. The second-order valence-corrected chi connectivity index (χ2v) is 13.0. The largest absolute Gasteiger partial charge is 0.481 e. The normalized spacial score (nSPS) is 11.3. The fourth-order valence-electron chi connectivity index (χ4n) is 6.02. The Morgan fingerprint density at radius 3 is 0.738 bits per heavy atom. The molecular weight excluding hydrogens is 522 g/mol. The van der Waals surface area contributed by atoms with Crippen molar-refractivity contribution in [2.75, 3.05) is 13.1 Å². The Kier molecular flexibility index (Phi) is 35.1. The zero-order valence-corrected chi connectivity index (χ0v) is 28.0. The van der Waals surface area contributed by atoms with E-state index in [0.717, 1.165) is 25.8 Å². The molecule has 0 rings (SSSR count). The summed E-state index contributed by atoms with van der Waals surface area (Å²) in [5.74, 6) is -1.42. The molecular formula is C37H73NO4. The molecule has 0 fully saturated rings. The first kappa shape index (κ1) is 40.9. The van der Waals surface area contributed by atoms with Crippen LogP contribution in [0.4, 0.5) is 0 Å². The lowest BCUT2D eigenvalue weighted by atomic mass is 10.0. The number of unbranched alkanes of at least 4 members (excludes halogenated alkanes) is 31. The molecule has 0 aromatic rings. The molecule has 0 heterocycles. The van der Waals surface area contributed by atoms with Gasteiger partial charge in [-0.15, -0.1) is 0 Å². The molecule has 0 saturated carbocycles. The third-order valence-electron chi connectivity index (χ3n) is 8.77. The smallest absolute Gasteiger partial charge is 0.317 e. The van der Waals surface area contributed by atoms with E-state index < -0.39 is 11.9 Å². The van der Waals surface area contributed by atoms with Crippen LogP contribution in [-0.2, 0) is 9.59 Å². The Hall–Kier alpha value is -1.10. The molecule has 0 aliphatic heterocycles. The summed E-state index contributed by atoms with van der Waals surface area (Å²) in [7, 11) is 0. The van der Waals surface area contributed by atoms with Crippen LogP contribution in [0.5, 0.6) is 0 Å². The van der Waals surface area contributed by atoms with Crippen molar-refractivity contribution in [3.8, 4) is 0 Å².